The Hall–Kier alpha value is -3.21. The molecule has 0 bridgehead atoms. The van der Waals surface area contributed by atoms with Crippen LogP contribution in [0.1, 0.15) is 34.5 Å². The van der Waals surface area contributed by atoms with E-state index in [4.69, 9.17) is 0 Å². The Morgan fingerprint density at radius 1 is 1.18 bits per heavy atom. The molecule has 0 radical (unpaired) electrons. The fourth-order valence-corrected chi connectivity index (χ4v) is 6.80. The van der Waals surface area contributed by atoms with Crippen molar-refractivity contribution in [2.24, 2.45) is 0 Å². The topological polar surface area (TPSA) is 104 Å². The van der Waals surface area contributed by atoms with Crippen LogP contribution in [0.4, 0.5) is 19.0 Å². The van der Waals surface area contributed by atoms with Crippen molar-refractivity contribution >= 4 is 48.1 Å². The van der Waals surface area contributed by atoms with Crippen molar-refractivity contribution in [1.29, 1.82) is 5.26 Å². The van der Waals surface area contributed by atoms with E-state index in [1.807, 2.05) is 25.1 Å². The maximum Gasteiger partial charge on any atom is 0.393 e. The Morgan fingerprint density at radius 2 is 1.93 bits per heavy atom. The zero-order valence-corrected chi connectivity index (χ0v) is 23.8. The van der Waals surface area contributed by atoms with Gasteiger partial charge in [-0.2, -0.15) is 18.4 Å². The molecule has 1 saturated heterocycles. The van der Waals surface area contributed by atoms with Crippen LogP contribution in [0.25, 0.3) is 21.1 Å². The summed E-state index contributed by atoms with van der Waals surface area (Å²) in [5, 5.41) is 14.6. The number of halogens is 3. The van der Waals surface area contributed by atoms with E-state index >= 15 is 0 Å². The van der Waals surface area contributed by atoms with Crippen molar-refractivity contribution in [1.82, 2.24) is 19.4 Å². The number of rotatable bonds is 8. The van der Waals surface area contributed by atoms with Gasteiger partial charge in [-0.15, -0.1) is 11.3 Å². The van der Waals surface area contributed by atoms with Gasteiger partial charge in [0.15, 0.2) is 0 Å². The van der Waals surface area contributed by atoms with E-state index in [0.717, 1.165) is 65.8 Å². The second-order valence-corrected chi connectivity index (χ2v) is 13.7. The zero-order valence-electron chi connectivity index (χ0n) is 22.1. The molecule has 4 aromatic rings. The molecule has 0 aliphatic carbocycles. The zero-order chi connectivity index (χ0) is 28.7. The van der Waals surface area contributed by atoms with Gasteiger partial charge in [-0.25, -0.2) is 18.4 Å². The minimum atomic E-state index is -4.27. The normalized spacial score (nSPS) is 15.6. The summed E-state index contributed by atoms with van der Waals surface area (Å²) in [5.41, 5.74) is 3.52. The van der Waals surface area contributed by atoms with Gasteiger partial charge in [0.25, 0.3) is 0 Å². The van der Waals surface area contributed by atoms with Gasteiger partial charge in [0.2, 0.25) is 0 Å². The summed E-state index contributed by atoms with van der Waals surface area (Å²) in [4.78, 5) is 11.6. The lowest BCUT2D eigenvalue weighted by Gasteiger charge is -2.33. The summed E-state index contributed by atoms with van der Waals surface area (Å²) in [5.74, 6) is 0.541. The number of aromatic nitrogens is 3. The number of anilines is 1. The molecule has 4 heterocycles. The first-order chi connectivity index (χ1) is 18.9. The molecule has 40 heavy (non-hydrogen) atoms. The van der Waals surface area contributed by atoms with Gasteiger partial charge in [-0.3, -0.25) is 4.90 Å². The minimum absolute atomic E-state index is 0.0308. The number of alkyl halides is 3. The maximum absolute atomic E-state index is 12.9. The standard InChI is InChI=1S/C27H29F3N6O2S2/c1-17-18(3-4-24-22(17)11-20(14-31)36(24)9-10-40(2,37)38)15-35-7-5-19(6-8-35)34-25-23-12-21(13-27(28,29)30)39-26(23)33-16-32-25/h3-4,11-12,16,19H,5-10,13,15H2,1-2H3,(H,32,33,34). The van der Waals surface area contributed by atoms with Gasteiger partial charge in [0.05, 0.1) is 17.6 Å². The van der Waals surface area contributed by atoms with Crippen LogP contribution in [-0.2, 0) is 29.3 Å². The first-order valence-corrected chi connectivity index (χ1v) is 15.8. The highest BCUT2D eigenvalue weighted by molar-refractivity contribution is 7.90. The first kappa shape index (κ1) is 28.3. The van der Waals surface area contributed by atoms with Gasteiger partial charge < -0.3 is 9.88 Å². The summed E-state index contributed by atoms with van der Waals surface area (Å²) in [6, 6.07) is 9.71. The number of benzene rings is 1. The van der Waals surface area contributed by atoms with Crippen LogP contribution in [0.5, 0.6) is 0 Å². The van der Waals surface area contributed by atoms with E-state index in [-0.39, 0.29) is 23.2 Å². The number of nitriles is 1. The molecule has 5 rings (SSSR count). The predicted octanol–water partition coefficient (Wildman–Crippen LogP) is 5.05. The van der Waals surface area contributed by atoms with E-state index in [2.05, 4.69) is 26.3 Å². The van der Waals surface area contributed by atoms with Gasteiger partial charge in [-0.05, 0) is 49.1 Å². The third-order valence-corrected chi connectivity index (χ3v) is 9.31. The molecule has 0 saturated carbocycles. The second-order valence-electron chi connectivity index (χ2n) is 10.3. The smallest absolute Gasteiger partial charge is 0.367 e. The van der Waals surface area contributed by atoms with E-state index in [1.165, 1.54) is 18.6 Å². The quantitative estimate of drug-likeness (QED) is 0.306. The molecule has 1 aliphatic rings. The van der Waals surface area contributed by atoms with Gasteiger partial charge in [0.1, 0.15) is 38.6 Å². The third kappa shape index (κ3) is 6.40. The van der Waals surface area contributed by atoms with Crippen LogP contribution >= 0.6 is 11.3 Å². The minimum Gasteiger partial charge on any atom is -0.367 e. The van der Waals surface area contributed by atoms with Crippen LogP contribution in [0.2, 0.25) is 0 Å². The average molecular weight is 591 g/mol. The Labute approximate surface area is 234 Å². The lowest BCUT2D eigenvalue weighted by molar-refractivity contribution is -0.126. The molecule has 212 valence electrons. The Bertz CT molecular complexity index is 1700. The SMILES string of the molecule is Cc1c(CN2CCC(Nc3ncnc4sc(CC(F)(F)F)cc34)CC2)ccc2c1cc(C#N)n2CCS(C)(=O)=O. The van der Waals surface area contributed by atoms with Crippen LogP contribution < -0.4 is 5.32 Å². The van der Waals surface area contributed by atoms with E-state index in [9.17, 15) is 26.9 Å². The van der Waals surface area contributed by atoms with Crippen molar-refractivity contribution in [2.75, 3.05) is 30.4 Å². The highest BCUT2D eigenvalue weighted by Crippen LogP contribution is 2.33. The fraction of sp³-hybridized carbons (Fsp3) is 0.444. The van der Waals surface area contributed by atoms with E-state index in [0.29, 0.717) is 21.7 Å². The number of hydrogen-bond acceptors (Lipinski definition) is 8. The molecule has 0 unspecified atom stereocenters. The van der Waals surface area contributed by atoms with Crippen LogP contribution in [0, 0.1) is 18.3 Å². The largest absolute Gasteiger partial charge is 0.393 e. The molecule has 1 fully saturated rings. The molecule has 1 aliphatic heterocycles. The molecule has 3 aromatic heterocycles. The third-order valence-electron chi connectivity index (χ3n) is 7.34. The first-order valence-electron chi connectivity index (χ1n) is 12.9. The highest BCUT2D eigenvalue weighted by Gasteiger charge is 2.29. The van der Waals surface area contributed by atoms with Gasteiger partial charge >= 0.3 is 6.18 Å². The van der Waals surface area contributed by atoms with Crippen LogP contribution in [0.15, 0.2) is 30.6 Å². The summed E-state index contributed by atoms with van der Waals surface area (Å²) in [6.07, 6.45) is -0.951. The van der Waals surface area contributed by atoms with Gasteiger partial charge in [0, 0.05) is 54.3 Å². The van der Waals surface area contributed by atoms with Crippen molar-refractivity contribution in [3.63, 3.8) is 0 Å². The number of fused-ring (bicyclic) bond motifs is 2. The average Bonchev–Trinajstić information content (AvgIpc) is 3.45. The molecular formula is C27H29F3N6O2S2. The molecule has 1 aromatic carbocycles. The Morgan fingerprint density at radius 3 is 2.60 bits per heavy atom. The lowest BCUT2D eigenvalue weighted by atomic mass is 10.0. The number of aryl methyl sites for hydroxylation is 2. The monoisotopic (exact) mass is 590 g/mol. The maximum atomic E-state index is 12.9. The summed E-state index contributed by atoms with van der Waals surface area (Å²) in [6.45, 7) is 4.69. The fourth-order valence-electron chi connectivity index (χ4n) is 5.26. The van der Waals surface area contributed by atoms with Crippen molar-refractivity contribution < 1.29 is 21.6 Å². The van der Waals surface area contributed by atoms with Crippen molar-refractivity contribution in [3.05, 3.63) is 52.3 Å². The predicted molar refractivity (Wildman–Crippen MR) is 150 cm³/mol. The van der Waals surface area contributed by atoms with E-state index < -0.39 is 22.4 Å². The summed E-state index contributed by atoms with van der Waals surface area (Å²) < 4.78 is 63.7. The second kappa shape index (κ2) is 11.0. The Balaban J connectivity index is 1.24. The summed E-state index contributed by atoms with van der Waals surface area (Å²) in [7, 11) is -3.16. The lowest BCUT2D eigenvalue weighted by Crippen LogP contribution is -2.39. The number of nitrogens with zero attached hydrogens (tertiary/aromatic N) is 5. The Kier molecular flexibility index (Phi) is 7.78. The molecule has 0 amide bonds. The molecule has 0 atom stereocenters. The van der Waals surface area contributed by atoms with E-state index in [1.54, 1.807) is 4.57 Å². The molecule has 8 nitrogen and oxygen atoms in total. The number of nitrogens with one attached hydrogen (secondary N) is 1. The number of sulfone groups is 1. The number of hydrogen-bond donors (Lipinski definition) is 1. The van der Waals surface area contributed by atoms with Crippen LogP contribution in [0.3, 0.4) is 0 Å². The molecule has 0 spiro atoms. The number of likely N-dealkylation sites (tertiary alicyclic amines) is 1. The van der Waals surface area contributed by atoms with Crippen LogP contribution in [-0.4, -0.2) is 65.2 Å². The van der Waals surface area contributed by atoms with Gasteiger partial charge in [-0.1, -0.05) is 6.07 Å². The number of thiophene rings is 1. The molecule has 13 heteroatoms. The highest BCUT2D eigenvalue weighted by atomic mass is 32.2. The van der Waals surface area contributed by atoms with Crippen molar-refractivity contribution in [3.8, 4) is 6.07 Å². The summed E-state index contributed by atoms with van der Waals surface area (Å²) >= 11 is 1.05. The molecular weight excluding hydrogens is 561 g/mol. The van der Waals surface area contributed by atoms with Crippen molar-refractivity contribution in [2.45, 2.75) is 51.5 Å². The number of piperidine rings is 1. The molecule has 1 N–H and O–H groups in total.